The van der Waals surface area contributed by atoms with E-state index in [0.29, 0.717) is 0 Å². The fraction of sp³-hybridized carbons (Fsp3) is 0.0145. The highest BCUT2D eigenvalue weighted by atomic mass is 32.1. The maximum Gasteiger partial charge on any atom is 0.0731 e. The number of benzene rings is 24. The van der Waals surface area contributed by atoms with Crippen LogP contribution in [-0.2, 0) is 10.8 Å². The molecule has 0 atom stereocenters. The summed E-state index contributed by atoms with van der Waals surface area (Å²) in [6.45, 7) is 0. The number of rotatable bonds is 12. The highest BCUT2D eigenvalue weighted by Gasteiger charge is 2.55. The summed E-state index contributed by atoms with van der Waals surface area (Å²) in [5.74, 6) is 0. The third kappa shape index (κ3) is 12.3. The van der Waals surface area contributed by atoms with Crippen molar-refractivity contribution < 1.29 is 0 Å². The van der Waals surface area contributed by atoms with Gasteiger partial charge in [0.1, 0.15) is 0 Å². The second-order valence-electron chi connectivity index (χ2n) is 39.1. The zero-order chi connectivity index (χ0) is 95.6. The van der Waals surface area contributed by atoms with Crippen molar-refractivity contribution in [3.8, 4) is 44.5 Å². The number of anilines is 12. The van der Waals surface area contributed by atoms with E-state index in [4.69, 9.17) is 0 Å². The molecule has 4 nitrogen and oxygen atoms in total. The monoisotopic (exact) mass is 1920 g/mol. The minimum Gasteiger partial charge on any atom is -0.310 e. The minimum atomic E-state index is -0.549. The van der Waals surface area contributed by atoms with Gasteiger partial charge in [-0.3, -0.25) is 0 Å². The fourth-order valence-corrected chi connectivity index (χ4v) is 30.1. The van der Waals surface area contributed by atoms with Crippen LogP contribution in [0.1, 0.15) is 44.5 Å². The lowest BCUT2D eigenvalue weighted by molar-refractivity contribution is 0.802. The summed E-state index contributed by atoms with van der Waals surface area (Å²) in [4.78, 5) is 9.76. The Labute approximate surface area is 859 Å². The van der Waals surface area contributed by atoms with Gasteiger partial charge in [0, 0.05) is 128 Å². The summed E-state index contributed by atoms with van der Waals surface area (Å²) in [7, 11) is 0. The van der Waals surface area contributed by atoms with Gasteiger partial charge in [0.05, 0.1) is 31.6 Å². The maximum absolute atomic E-state index is 2.54. The maximum atomic E-state index is 2.54. The molecule has 32 rings (SSSR count). The van der Waals surface area contributed by atoms with Gasteiger partial charge in [-0.1, -0.05) is 315 Å². The first-order valence-electron chi connectivity index (χ1n) is 50.1. The molecule has 4 aliphatic rings. The topological polar surface area (TPSA) is 13.0 Å². The minimum absolute atomic E-state index is 0.544. The van der Waals surface area contributed by atoms with E-state index in [1.54, 1.807) is 0 Å². The molecule has 0 bridgehead atoms. The third-order valence-electron chi connectivity index (χ3n) is 31.5. The molecular formula is C138H84N4S4. The summed E-state index contributed by atoms with van der Waals surface area (Å²) in [5.41, 5.74) is 33.7. The fourth-order valence-electron chi connectivity index (χ4n) is 25.5. The summed E-state index contributed by atoms with van der Waals surface area (Å²) in [5, 5.41) is 20.2. The Kier molecular flexibility index (Phi) is 18.5. The van der Waals surface area contributed by atoms with E-state index in [2.05, 4.69) is 529 Å². The van der Waals surface area contributed by atoms with E-state index < -0.39 is 10.8 Å². The van der Waals surface area contributed by atoms with E-state index in [0.717, 1.165) is 56.9 Å². The zero-order valence-electron chi connectivity index (χ0n) is 78.9. The van der Waals surface area contributed by atoms with Crippen molar-refractivity contribution in [3.63, 3.8) is 0 Å². The Morgan fingerprint density at radius 3 is 0.801 bits per heavy atom. The average Bonchev–Trinajstić information content (AvgIpc) is 1.50. The van der Waals surface area contributed by atoms with E-state index in [1.165, 1.54) is 224 Å². The van der Waals surface area contributed by atoms with Crippen LogP contribution in [-0.4, -0.2) is 0 Å². The Balaban J connectivity index is 0.000000133. The van der Waals surface area contributed by atoms with Crippen molar-refractivity contribution in [1.29, 1.82) is 0 Å². The average molecular weight is 1930 g/mol. The van der Waals surface area contributed by atoms with Gasteiger partial charge < -0.3 is 19.6 Å². The lowest BCUT2D eigenvalue weighted by atomic mass is 9.69. The third-order valence-corrected chi connectivity index (χ3v) is 36.3. The van der Waals surface area contributed by atoms with Crippen LogP contribution >= 0.6 is 45.3 Å². The van der Waals surface area contributed by atoms with Crippen LogP contribution in [0.5, 0.6) is 0 Å². The molecule has 4 aliphatic carbocycles. The van der Waals surface area contributed by atoms with Crippen molar-refractivity contribution >= 4 is 237 Å². The van der Waals surface area contributed by atoms with Gasteiger partial charge in [0.15, 0.2) is 0 Å². The van der Waals surface area contributed by atoms with Gasteiger partial charge in [-0.05, 0) is 326 Å². The molecule has 0 fully saturated rings. The van der Waals surface area contributed by atoms with Crippen LogP contribution < -0.4 is 19.6 Å². The first kappa shape index (κ1) is 83.1. The highest BCUT2D eigenvalue weighted by molar-refractivity contribution is 7.27. The van der Waals surface area contributed by atoms with Gasteiger partial charge in [0.2, 0.25) is 0 Å². The molecule has 0 saturated heterocycles. The van der Waals surface area contributed by atoms with Gasteiger partial charge in [0.25, 0.3) is 0 Å². The molecule has 680 valence electrons. The van der Waals surface area contributed by atoms with Crippen molar-refractivity contribution in [2.75, 3.05) is 19.6 Å². The Bertz CT molecular complexity index is 10300. The van der Waals surface area contributed by atoms with Crippen LogP contribution in [0, 0.1) is 0 Å². The highest BCUT2D eigenvalue weighted by Crippen LogP contribution is 2.68. The molecule has 28 aromatic rings. The molecule has 0 unspecified atom stereocenters. The van der Waals surface area contributed by atoms with Crippen molar-refractivity contribution in [2.45, 2.75) is 10.8 Å². The number of para-hydroxylation sites is 4. The zero-order valence-corrected chi connectivity index (χ0v) is 82.2. The molecule has 0 radical (unpaired) electrons. The standard InChI is InChI=1S/2C69H42N2S2/c1-3-17-46(18-4-1)70(62-29-15-25-56-53-23-9-13-31-64(53)72-67(56)62)48-35-33-43-41-58-55-37-34-44-39-49(71(47-19-5-2-6-20-47)63-30-16-26-57-54-24-10-14-32-65(54)73-68(57)63)36-38-50(44)66(55)69(61(58)42-45(43)40-48)59-27-11-7-21-51(59)52-22-8-12-28-60(52)69;1-3-15-46(16-4-1)70(50-31-35-66-59(41-50)55-21-9-13-25-64(55)72-66)48-29-27-43-39-58-57-33-28-44-37-49(71(47-17-5-2-6-18-47)51-32-36-67-60(42-51)56-22-10-14-26-65(56)73-67)30-34-52(44)68(57)69(63(58)40-45(43)38-48)61-23-11-7-19-53(61)54-20-8-12-24-62(54)69/h2*1-42H. The number of hydrogen-bond donors (Lipinski definition) is 0. The molecule has 2 spiro atoms. The SMILES string of the molecule is c1ccc(N(c2ccc3cc4c(cc3c2)C2(c3ccccc3-c3ccccc32)c2c-4ccc3cc(N(c4ccccc4)c4ccc5sc6ccccc6c5c4)ccc23)c2ccc3sc4ccccc4c3c2)cc1.c1ccc(N(c2ccc3cc4c(cc3c2)C2(c3ccccc3-c3ccccc32)c2c-4ccc3cc(N(c4ccccc4)c4cccc5c4sc4ccccc45)ccc23)c2cccc3c2sc2ccccc23)cc1. The van der Waals surface area contributed by atoms with Crippen molar-refractivity contribution in [3.05, 3.63) is 554 Å². The molecule has 8 heteroatoms. The summed E-state index contributed by atoms with van der Waals surface area (Å²) >= 11 is 7.48. The van der Waals surface area contributed by atoms with Crippen molar-refractivity contribution in [1.82, 2.24) is 0 Å². The van der Waals surface area contributed by atoms with Crippen LogP contribution in [0.3, 0.4) is 0 Å². The number of nitrogens with zero attached hydrogens (tertiary/aromatic N) is 4. The predicted octanol–water partition coefficient (Wildman–Crippen LogP) is 40.0. The normalized spacial score (nSPS) is 13.0. The lowest BCUT2D eigenvalue weighted by Gasteiger charge is -2.32. The van der Waals surface area contributed by atoms with E-state index in [9.17, 15) is 0 Å². The molecule has 0 N–H and O–H groups in total. The number of hydrogen-bond acceptors (Lipinski definition) is 8. The number of fused-ring (bicyclic) bond motifs is 38. The Morgan fingerprint density at radius 1 is 0.137 bits per heavy atom. The first-order chi connectivity index (χ1) is 72.4. The summed E-state index contributed by atoms with van der Waals surface area (Å²) in [6, 6.07) is 191. The smallest absolute Gasteiger partial charge is 0.0731 e. The van der Waals surface area contributed by atoms with Gasteiger partial charge >= 0.3 is 0 Å². The summed E-state index contributed by atoms with van der Waals surface area (Å²) in [6.07, 6.45) is 0. The molecule has 4 heterocycles. The van der Waals surface area contributed by atoms with E-state index >= 15 is 0 Å². The Hall–Kier alpha value is -17.6. The van der Waals surface area contributed by atoms with Crippen LogP contribution in [0.25, 0.3) is 168 Å². The largest absolute Gasteiger partial charge is 0.310 e. The molecule has 0 amide bonds. The van der Waals surface area contributed by atoms with Crippen LogP contribution in [0.15, 0.2) is 510 Å². The van der Waals surface area contributed by atoms with Crippen LogP contribution in [0.2, 0.25) is 0 Å². The molecule has 4 aromatic heterocycles. The predicted molar refractivity (Wildman–Crippen MR) is 626 cm³/mol. The van der Waals surface area contributed by atoms with Crippen LogP contribution in [0.4, 0.5) is 68.2 Å². The number of thiophene rings is 4. The van der Waals surface area contributed by atoms with Gasteiger partial charge in [-0.15, -0.1) is 45.3 Å². The second-order valence-corrected chi connectivity index (χ2v) is 43.3. The second kappa shape index (κ2) is 32.5. The van der Waals surface area contributed by atoms with E-state index in [-0.39, 0.29) is 0 Å². The molecule has 146 heavy (non-hydrogen) atoms. The molecule has 24 aromatic carbocycles. The quantitative estimate of drug-likeness (QED) is 0.121. The van der Waals surface area contributed by atoms with Gasteiger partial charge in [-0.2, -0.15) is 0 Å². The summed E-state index contributed by atoms with van der Waals surface area (Å²) < 4.78 is 10.4. The first-order valence-corrected chi connectivity index (χ1v) is 53.4. The molecule has 0 aliphatic heterocycles. The Morgan fingerprint density at radius 2 is 0.418 bits per heavy atom. The van der Waals surface area contributed by atoms with Gasteiger partial charge in [-0.25, -0.2) is 0 Å². The van der Waals surface area contributed by atoms with E-state index in [1.807, 2.05) is 45.3 Å². The molecular weight excluding hydrogens is 1840 g/mol. The lowest BCUT2D eigenvalue weighted by Crippen LogP contribution is -2.26. The molecule has 0 saturated carbocycles. The van der Waals surface area contributed by atoms with Crippen molar-refractivity contribution in [2.24, 2.45) is 0 Å².